The zero-order valence-electron chi connectivity index (χ0n) is 11.2. The molecule has 2 rings (SSSR count). The molecule has 0 N–H and O–H groups in total. The highest BCUT2D eigenvalue weighted by atomic mass is 16.5. The van der Waals surface area contributed by atoms with Crippen LogP contribution in [0.2, 0.25) is 0 Å². The number of hydrogen-bond donors (Lipinski definition) is 0. The van der Waals surface area contributed by atoms with Gasteiger partial charge in [0, 0.05) is 11.8 Å². The van der Waals surface area contributed by atoms with Gasteiger partial charge in [-0.15, -0.1) is 0 Å². The van der Waals surface area contributed by atoms with E-state index in [1.807, 2.05) is 0 Å². The van der Waals surface area contributed by atoms with Crippen LogP contribution < -0.4 is 0 Å². The van der Waals surface area contributed by atoms with Crippen LogP contribution in [-0.4, -0.2) is 12.1 Å². The molecule has 2 nitrogen and oxygen atoms in total. The minimum absolute atomic E-state index is 0.00965. The van der Waals surface area contributed by atoms with Crippen LogP contribution in [0.15, 0.2) is 0 Å². The maximum Gasteiger partial charge on any atom is 0.306 e. The first-order chi connectivity index (χ1) is 7.29. The first kappa shape index (κ1) is 11.9. The highest BCUT2D eigenvalue weighted by Gasteiger charge is 2.72. The molecule has 0 bridgehead atoms. The fourth-order valence-corrected chi connectivity index (χ4v) is 3.50. The Kier molecular flexibility index (Phi) is 2.60. The Bertz CT molecular complexity index is 310. The lowest BCUT2D eigenvalue weighted by Crippen LogP contribution is -2.25. The summed E-state index contributed by atoms with van der Waals surface area (Å²) in [5.41, 5.74) is 0.689. The minimum Gasteiger partial charge on any atom is -0.462 e. The smallest absolute Gasteiger partial charge is 0.306 e. The summed E-state index contributed by atoms with van der Waals surface area (Å²) in [7, 11) is 0. The highest BCUT2D eigenvalue weighted by Crippen LogP contribution is 2.75. The molecule has 0 aromatic carbocycles. The third-order valence-corrected chi connectivity index (χ3v) is 5.13. The lowest BCUT2D eigenvalue weighted by molar-refractivity contribution is -0.153. The molecule has 2 aliphatic rings. The topological polar surface area (TPSA) is 26.3 Å². The molecular formula is C14H24O2. The summed E-state index contributed by atoms with van der Waals surface area (Å²) >= 11 is 0. The van der Waals surface area contributed by atoms with E-state index in [1.165, 1.54) is 6.42 Å². The molecular weight excluding hydrogens is 200 g/mol. The van der Waals surface area contributed by atoms with Crippen LogP contribution in [-0.2, 0) is 9.53 Å². The summed E-state index contributed by atoms with van der Waals surface area (Å²) in [5, 5.41) is 0. The zero-order valence-corrected chi connectivity index (χ0v) is 11.2. The van der Waals surface area contributed by atoms with E-state index < -0.39 is 0 Å². The summed E-state index contributed by atoms with van der Waals surface area (Å²) in [6, 6.07) is 0. The average Bonchev–Trinajstić information content (AvgIpc) is 2.63. The number of fused-ring (bicyclic) bond motifs is 1. The first-order valence-electron chi connectivity index (χ1n) is 6.49. The Labute approximate surface area is 98.7 Å². The van der Waals surface area contributed by atoms with Gasteiger partial charge in [-0.3, -0.25) is 4.79 Å². The standard InChI is InChI=1S/C14H24O2/c1-9(2)6-12(15)16-11-7-10(3)13(4)8-14(11,13)5/h9-11H,6-8H2,1-5H3/t10-,11-,13?,14?/m0/s1. The van der Waals surface area contributed by atoms with Gasteiger partial charge in [0.05, 0.1) is 0 Å². The Morgan fingerprint density at radius 1 is 1.38 bits per heavy atom. The fraction of sp³-hybridized carbons (Fsp3) is 0.929. The van der Waals surface area contributed by atoms with Crippen molar-refractivity contribution in [3.63, 3.8) is 0 Å². The van der Waals surface area contributed by atoms with Crippen LogP contribution in [0.4, 0.5) is 0 Å². The molecule has 0 heterocycles. The third kappa shape index (κ3) is 1.57. The van der Waals surface area contributed by atoms with E-state index in [1.54, 1.807) is 0 Å². The van der Waals surface area contributed by atoms with Crippen molar-refractivity contribution in [3.05, 3.63) is 0 Å². The van der Waals surface area contributed by atoms with Crippen molar-refractivity contribution in [3.8, 4) is 0 Å². The Morgan fingerprint density at radius 2 is 2.00 bits per heavy atom. The van der Waals surface area contributed by atoms with E-state index in [0.29, 0.717) is 23.7 Å². The molecule has 2 heteroatoms. The second-order valence-corrected chi connectivity index (χ2v) is 6.72. The Morgan fingerprint density at radius 3 is 2.38 bits per heavy atom. The van der Waals surface area contributed by atoms with Gasteiger partial charge in [0.2, 0.25) is 0 Å². The van der Waals surface area contributed by atoms with Gasteiger partial charge in [0.1, 0.15) is 6.10 Å². The Balaban J connectivity index is 1.96. The SMILES string of the molecule is CC(C)CC(=O)O[C@H]1C[C@H](C)C2(C)CC12C. The van der Waals surface area contributed by atoms with Crippen molar-refractivity contribution in [2.75, 3.05) is 0 Å². The van der Waals surface area contributed by atoms with Gasteiger partial charge >= 0.3 is 5.97 Å². The molecule has 2 aliphatic carbocycles. The number of hydrogen-bond acceptors (Lipinski definition) is 2. The van der Waals surface area contributed by atoms with E-state index in [2.05, 4.69) is 34.6 Å². The Hall–Kier alpha value is -0.530. The quantitative estimate of drug-likeness (QED) is 0.687. The van der Waals surface area contributed by atoms with Crippen molar-refractivity contribution in [1.29, 1.82) is 0 Å². The van der Waals surface area contributed by atoms with Crippen molar-refractivity contribution < 1.29 is 9.53 Å². The molecule has 92 valence electrons. The minimum atomic E-state index is -0.00965. The predicted molar refractivity (Wildman–Crippen MR) is 63.9 cm³/mol. The molecule has 2 unspecified atom stereocenters. The van der Waals surface area contributed by atoms with Gasteiger partial charge in [-0.25, -0.2) is 0 Å². The second kappa shape index (κ2) is 3.48. The summed E-state index contributed by atoms with van der Waals surface area (Å²) < 4.78 is 5.68. The molecule has 16 heavy (non-hydrogen) atoms. The molecule has 0 aromatic heterocycles. The lowest BCUT2D eigenvalue weighted by atomic mass is 9.92. The average molecular weight is 224 g/mol. The summed E-state index contributed by atoms with van der Waals surface area (Å²) in [6.07, 6.45) is 2.99. The largest absolute Gasteiger partial charge is 0.462 e. The van der Waals surface area contributed by atoms with Crippen molar-refractivity contribution in [1.82, 2.24) is 0 Å². The van der Waals surface area contributed by atoms with E-state index in [4.69, 9.17) is 4.74 Å². The zero-order chi connectivity index (χ0) is 12.1. The molecule has 0 aromatic rings. The maximum absolute atomic E-state index is 11.7. The third-order valence-electron chi connectivity index (χ3n) is 5.13. The molecule has 0 spiro atoms. The van der Waals surface area contributed by atoms with Crippen LogP contribution >= 0.6 is 0 Å². The molecule has 0 saturated heterocycles. The van der Waals surface area contributed by atoms with Gasteiger partial charge in [-0.2, -0.15) is 0 Å². The van der Waals surface area contributed by atoms with Crippen LogP contribution in [0, 0.1) is 22.7 Å². The van der Waals surface area contributed by atoms with Gasteiger partial charge in [0.25, 0.3) is 0 Å². The lowest BCUT2D eigenvalue weighted by Gasteiger charge is -2.20. The number of rotatable bonds is 3. The van der Waals surface area contributed by atoms with E-state index >= 15 is 0 Å². The number of esters is 1. The number of ether oxygens (including phenoxy) is 1. The highest BCUT2D eigenvalue weighted by molar-refractivity contribution is 5.70. The van der Waals surface area contributed by atoms with E-state index in [0.717, 1.165) is 6.42 Å². The molecule has 0 aliphatic heterocycles. The molecule has 0 amide bonds. The van der Waals surface area contributed by atoms with Gasteiger partial charge < -0.3 is 4.74 Å². The molecule has 4 atom stereocenters. The molecule has 2 saturated carbocycles. The van der Waals surface area contributed by atoms with Crippen molar-refractivity contribution in [2.24, 2.45) is 22.7 Å². The van der Waals surface area contributed by atoms with Crippen LogP contribution in [0.25, 0.3) is 0 Å². The summed E-state index contributed by atoms with van der Waals surface area (Å²) in [6.45, 7) is 11.0. The summed E-state index contributed by atoms with van der Waals surface area (Å²) in [4.78, 5) is 11.7. The van der Waals surface area contributed by atoms with E-state index in [-0.39, 0.29) is 17.5 Å². The van der Waals surface area contributed by atoms with Gasteiger partial charge in [-0.1, -0.05) is 34.6 Å². The summed E-state index contributed by atoms with van der Waals surface area (Å²) in [5.74, 6) is 1.07. The molecule has 2 fully saturated rings. The van der Waals surface area contributed by atoms with Crippen LogP contribution in [0.5, 0.6) is 0 Å². The van der Waals surface area contributed by atoms with Crippen molar-refractivity contribution >= 4 is 5.97 Å². The van der Waals surface area contributed by atoms with Crippen molar-refractivity contribution in [2.45, 2.75) is 60.0 Å². The normalized spacial score (nSPS) is 45.6. The first-order valence-corrected chi connectivity index (χ1v) is 6.49. The molecule has 0 radical (unpaired) electrons. The van der Waals surface area contributed by atoms with Crippen LogP contribution in [0.3, 0.4) is 0 Å². The van der Waals surface area contributed by atoms with Crippen LogP contribution in [0.1, 0.15) is 53.9 Å². The predicted octanol–water partition coefficient (Wildman–Crippen LogP) is 3.40. The van der Waals surface area contributed by atoms with Gasteiger partial charge in [0.15, 0.2) is 0 Å². The van der Waals surface area contributed by atoms with Gasteiger partial charge in [-0.05, 0) is 30.1 Å². The maximum atomic E-state index is 11.7. The number of carbonyl (C=O) groups is 1. The monoisotopic (exact) mass is 224 g/mol. The fourth-order valence-electron chi connectivity index (χ4n) is 3.50. The number of carbonyl (C=O) groups excluding carboxylic acids is 1. The van der Waals surface area contributed by atoms with E-state index in [9.17, 15) is 4.79 Å². The second-order valence-electron chi connectivity index (χ2n) is 6.72.